The number of hydrogen-bond acceptors (Lipinski definition) is 4. The minimum absolute atomic E-state index is 0.0882. The number of ether oxygens (including phenoxy) is 1. The normalized spacial score (nSPS) is 20.2. The molecule has 2 aliphatic carbocycles. The van der Waals surface area contributed by atoms with Crippen LogP contribution in [0, 0.1) is 5.41 Å². The van der Waals surface area contributed by atoms with Crippen molar-refractivity contribution in [1.29, 1.82) is 0 Å². The molecule has 1 amide bonds. The fourth-order valence-corrected chi connectivity index (χ4v) is 2.73. The van der Waals surface area contributed by atoms with Gasteiger partial charge in [-0.15, -0.1) is 0 Å². The quantitative estimate of drug-likeness (QED) is 0.861. The number of nitrogens with one attached hydrogen (secondary N) is 1. The highest BCUT2D eigenvalue weighted by Gasteiger charge is 2.37. The molecule has 0 atom stereocenters. The van der Waals surface area contributed by atoms with Crippen LogP contribution in [0.15, 0.2) is 12.4 Å². The summed E-state index contributed by atoms with van der Waals surface area (Å²) in [5.41, 5.74) is 0.681. The van der Waals surface area contributed by atoms with E-state index in [1.807, 2.05) is 0 Å². The van der Waals surface area contributed by atoms with Crippen molar-refractivity contribution < 1.29 is 9.53 Å². The van der Waals surface area contributed by atoms with Crippen LogP contribution < -0.4 is 5.32 Å². The number of amides is 1. The maximum Gasteiger partial charge on any atom is 0.254 e. The van der Waals surface area contributed by atoms with E-state index in [1.54, 1.807) is 19.5 Å². The lowest BCUT2D eigenvalue weighted by Gasteiger charge is -2.41. The first-order valence-corrected chi connectivity index (χ1v) is 7.31. The molecular formula is C15H21N3O2. The van der Waals surface area contributed by atoms with Crippen LogP contribution >= 0.6 is 0 Å². The topological polar surface area (TPSA) is 64.1 Å². The second-order valence-electron chi connectivity index (χ2n) is 6.07. The molecule has 0 radical (unpaired) electrons. The Labute approximate surface area is 119 Å². The molecule has 1 aromatic rings. The summed E-state index contributed by atoms with van der Waals surface area (Å²) >= 11 is 0. The molecule has 2 fully saturated rings. The summed E-state index contributed by atoms with van der Waals surface area (Å²) in [6.07, 6.45) is 9.09. The molecule has 108 valence electrons. The minimum Gasteiger partial charge on any atom is -0.384 e. The van der Waals surface area contributed by atoms with Gasteiger partial charge in [-0.2, -0.15) is 0 Å². The third-order valence-electron chi connectivity index (χ3n) is 4.37. The Balaban J connectivity index is 1.55. The maximum atomic E-state index is 12.1. The van der Waals surface area contributed by atoms with Gasteiger partial charge in [0.25, 0.3) is 5.91 Å². The first-order chi connectivity index (χ1) is 9.72. The van der Waals surface area contributed by atoms with E-state index in [0.717, 1.165) is 18.7 Å². The largest absolute Gasteiger partial charge is 0.384 e. The van der Waals surface area contributed by atoms with Gasteiger partial charge in [-0.3, -0.25) is 4.79 Å². The average molecular weight is 275 g/mol. The highest BCUT2D eigenvalue weighted by Crippen LogP contribution is 2.40. The number of methoxy groups -OCH3 is 1. The molecule has 0 bridgehead atoms. The Kier molecular flexibility index (Phi) is 3.70. The van der Waals surface area contributed by atoms with Crippen LogP contribution in [0.25, 0.3) is 0 Å². The van der Waals surface area contributed by atoms with Gasteiger partial charge < -0.3 is 10.1 Å². The highest BCUT2D eigenvalue weighted by atomic mass is 16.5. The Hall–Kier alpha value is -1.49. The summed E-state index contributed by atoms with van der Waals surface area (Å²) in [5, 5.41) is 2.99. The first-order valence-electron chi connectivity index (χ1n) is 7.31. The van der Waals surface area contributed by atoms with Crippen molar-refractivity contribution in [3.05, 3.63) is 23.8 Å². The number of nitrogens with zero attached hydrogens (tertiary/aromatic N) is 2. The molecular weight excluding hydrogens is 254 g/mol. The summed E-state index contributed by atoms with van der Waals surface area (Å²) < 4.78 is 5.26. The zero-order valence-corrected chi connectivity index (χ0v) is 11.9. The summed E-state index contributed by atoms with van der Waals surface area (Å²) in [6, 6.07) is 0. The molecule has 1 N–H and O–H groups in total. The van der Waals surface area contributed by atoms with Gasteiger partial charge in [0.15, 0.2) is 0 Å². The third kappa shape index (κ3) is 2.82. The van der Waals surface area contributed by atoms with Gasteiger partial charge in [0.05, 0.1) is 12.2 Å². The van der Waals surface area contributed by atoms with Gasteiger partial charge in [-0.05, 0) is 25.7 Å². The predicted molar refractivity (Wildman–Crippen MR) is 74.5 cm³/mol. The summed E-state index contributed by atoms with van der Waals surface area (Å²) in [6.45, 7) is 1.38. The molecule has 0 unspecified atom stereocenters. The highest BCUT2D eigenvalue weighted by molar-refractivity contribution is 5.93. The number of aromatic nitrogens is 2. The van der Waals surface area contributed by atoms with E-state index in [2.05, 4.69) is 15.3 Å². The van der Waals surface area contributed by atoms with Crippen molar-refractivity contribution >= 4 is 5.91 Å². The monoisotopic (exact) mass is 275 g/mol. The molecule has 1 aromatic heterocycles. The SMILES string of the molecule is COCC1(CNC(=O)c2cnc(C3CC3)nc2)CCC1. The summed E-state index contributed by atoms with van der Waals surface area (Å²) in [7, 11) is 1.71. The maximum absolute atomic E-state index is 12.1. The molecule has 3 rings (SSSR count). The van der Waals surface area contributed by atoms with Crippen LogP contribution in [0.1, 0.15) is 54.2 Å². The van der Waals surface area contributed by atoms with E-state index in [0.29, 0.717) is 24.6 Å². The number of hydrogen-bond donors (Lipinski definition) is 1. The van der Waals surface area contributed by atoms with Gasteiger partial charge in [0.2, 0.25) is 0 Å². The Morgan fingerprint density at radius 1 is 1.40 bits per heavy atom. The molecule has 2 aliphatic rings. The van der Waals surface area contributed by atoms with Crippen LogP contribution in [-0.2, 0) is 4.74 Å². The van der Waals surface area contributed by atoms with Crippen molar-refractivity contribution in [2.24, 2.45) is 5.41 Å². The molecule has 0 aliphatic heterocycles. The van der Waals surface area contributed by atoms with Gasteiger partial charge in [-0.1, -0.05) is 6.42 Å². The van der Waals surface area contributed by atoms with Crippen LogP contribution in [-0.4, -0.2) is 36.1 Å². The summed E-state index contributed by atoms with van der Waals surface area (Å²) in [5.74, 6) is 1.30. The van der Waals surface area contributed by atoms with E-state index in [9.17, 15) is 4.79 Å². The van der Waals surface area contributed by atoms with Crippen molar-refractivity contribution in [3.8, 4) is 0 Å². The average Bonchev–Trinajstić information content (AvgIpc) is 3.26. The zero-order chi connectivity index (χ0) is 14.0. The lowest BCUT2D eigenvalue weighted by Crippen LogP contribution is -2.45. The van der Waals surface area contributed by atoms with E-state index < -0.39 is 0 Å². The van der Waals surface area contributed by atoms with Gasteiger partial charge >= 0.3 is 0 Å². The molecule has 20 heavy (non-hydrogen) atoms. The number of carbonyl (C=O) groups is 1. The molecule has 5 nitrogen and oxygen atoms in total. The van der Waals surface area contributed by atoms with Gasteiger partial charge in [-0.25, -0.2) is 9.97 Å². The lowest BCUT2D eigenvalue weighted by atomic mass is 9.69. The zero-order valence-electron chi connectivity index (χ0n) is 11.9. The second-order valence-corrected chi connectivity index (χ2v) is 6.07. The van der Waals surface area contributed by atoms with Crippen LogP contribution in [0.4, 0.5) is 0 Å². The predicted octanol–water partition coefficient (Wildman–Crippen LogP) is 1.90. The fourth-order valence-electron chi connectivity index (χ4n) is 2.73. The minimum atomic E-state index is -0.0882. The second kappa shape index (κ2) is 5.48. The van der Waals surface area contributed by atoms with E-state index in [1.165, 1.54) is 19.3 Å². The van der Waals surface area contributed by atoms with Gasteiger partial charge in [0, 0.05) is 37.4 Å². The fraction of sp³-hybridized carbons (Fsp3) is 0.667. The first kappa shape index (κ1) is 13.5. The van der Waals surface area contributed by atoms with E-state index >= 15 is 0 Å². The molecule has 0 aromatic carbocycles. The Morgan fingerprint density at radius 2 is 2.10 bits per heavy atom. The van der Waals surface area contributed by atoms with Crippen molar-refractivity contribution in [2.75, 3.05) is 20.3 Å². The van der Waals surface area contributed by atoms with Crippen LogP contribution in [0.5, 0.6) is 0 Å². The Morgan fingerprint density at radius 3 is 2.60 bits per heavy atom. The van der Waals surface area contributed by atoms with E-state index in [4.69, 9.17) is 4.74 Å². The molecule has 2 saturated carbocycles. The number of rotatable bonds is 6. The molecule has 0 spiro atoms. The lowest BCUT2D eigenvalue weighted by molar-refractivity contribution is 0.0180. The Bertz CT molecular complexity index is 478. The summed E-state index contributed by atoms with van der Waals surface area (Å²) in [4.78, 5) is 20.7. The van der Waals surface area contributed by atoms with Crippen LogP contribution in [0.3, 0.4) is 0 Å². The van der Waals surface area contributed by atoms with E-state index in [-0.39, 0.29) is 11.3 Å². The van der Waals surface area contributed by atoms with Crippen LogP contribution in [0.2, 0.25) is 0 Å². The number of carbonyl (C=O) groups excluding carboxylic acids is 1. The van der Waals surface area contributed by atoms with Crippen molar-refractivity contribution in [3.63, 3.8) is 0 Å². The molecule has 0 saturated heterocycles. The smallest absolute Gasteiger partial charge is 0.254 e. The standard InChI is InChI=1S/C15H21N3O2/c1-20-10-15(5-2-6-15)9-18-14(19)12-7-16-13(17-8-12)11-3-4-11/h7-8,11H,2-6,9-10H2,1H3,(H,18,19). The third-order valence-corrected chi connectivity index (χ3v) is 4.37. The van der Waals surface area contributed by atoms with Crippen molar-refractivity contribution in [1.82, 2.24) is 15.3 Å². The molecule has 5 heteroatoms. The molecule has 1 heterocycles. The van der Waals surface area contributed by atoms with Crippen molar-refractivity contribution in [2.45, 2.75) is 38.0 Å². The van der Waals surface area contributed by atoms with Gasteiger partial charge in [0.1, 0.15) is 5.82 Å².